The van der Waals surface area contributed by atoms with Crippen LogP contribution in [-0.2, 0) is 0 Å². The molecule has 1 aliphatic rings. The molecule has 2 rings (SSSR count). The number of halogens is 2. The highest BCUT2D eigenvalue weighted by molar-refractivity contribution is 9.10. The second-order valence-corrected chi connectivity index (χ2v) is 7.08. The van der Waals surface area contributed by atoms with Crippen molar-refractivity contribution >= 4 is 33.4 Å². The van der Waals surface area contributed by atoms with Gasteiger partial charge in [0.05, 0.1) is 18.2 Å². The highest BCUT2D eigenvalue weighted by Crippen LogP contribution is 2.33. The molecule has 1 saturated carbocycles. The molecule has 0 radical (unpaired) electrons. The molecule has 0 aromatic heterocycles. The SMILES string of the molecule is COc1cc(Br)ccc1C(=O)NC1(CCl)CCC(C)CC1. The van der Waals surface area contributed by atoms with Gasteiger partial charge < -0.3 is 10.1 Å². The second kappa shape index (κ2) is 7.01. The van der Waals surface area contributed by atoms with Crippen LogP contribution in [0.2, 0.25) is 0 Å². The van der Waals surface area contributed by atoms with E-state index in [1.807, 2.05) is 6.07 Å². The van der Waals surface area contributed by atoms with Gasteiger partial charge in [0.15, 0.2) is 0 Å². The Morgan fingerprint density at radius 2 is 2.14 bits per heavy atom. The van der Waals surface area contributed by atoms with Gasteiger partial charge in [-0.15, -0.1) is 11.6 Å². The summed E-state index contributed by atoms with van der Waals surface area (Å²) in [4.78, 5) is 12.6. The lowest BCUT2D eigenvalue weighted by Gasteiger charge is -2.38. The normalized spacial score (nSPS) is 25.4. The van der Waals surface area contributed by atoms with E-state index in [1.54, 1.807) is 19.2 Å². The monoisotopic (exact) mass is 373 g/mol. The van der Waals surface area contributed by atoms with E-state index in [0.717, 1.165) is 30.2 Å². The molecule has 116 valence electrons. The Labute approximate surface area is 139 Å². The highest BCUT2D eigenvalue weighted by Gasteiger charge is 2.35. The summed E-state index contributed by atoms with van der Waals surface area (Å²) in [6.45, 7) is 2.25. The largest absolute Gasteiger partial charge is 0.496 e. The number of hydrogen-bond acceptors (Lipinski definition) is 2. The van der Waals surface area contributed by atoms with Crippen molar-refractivity contribution in [3.8, 4) is 5.75 Å². The summed E-state index contributed by atoms with van der Waals surface area (Å²) in [6.07, 6.45) is 4.07. The molecule has 0 aliphatic heterocycles. The molecular weight excluding hydrogens is 354 g/mol. The van der Waals surface area contributed by atoms with E-state index in [0.29, 0.717) is 23.1 Å². The maximum atomic E-state index is 12.6. The fourth-order valence-corrected chi connectivity index (χ4v) is 3.44. The molecule has 0 heterocycles. The number of amides is 1. The maximum Gasteiger partial charge on any atom is 0.255 e. The molecule has 1 aromatic carbocycles. The molecule has 5 heteroatoms. The van der Waals surface area contributed by atoms with Crippen LogP contribution in [0.5, 0.6) is 5.75 Å². The van der Waals surface area contributed by atoms with Crippen molar-refractivity contribution in [1.82, 2.24) is 5.32 Å². The first-order valence-corrected chi connectivity index (χ1v) is 8.54. The lowest BCUT2D eigenvalue weighted by Crippen LogP contribution is -2.52. The van der Waals surface area contributed by atoms with Gasteiger partial charge in [-0.2, -0.15) is 0 Å². The lowest BCUT2D eigenvalue weighted by atomic mass is 9.78. The van der Waals surface area contributed by atoms with Crippen LogP contribution in [0.3, 0.4) is 0 Å². The van der Waals surface area contributed by atoms with Crippen molar-refractivity contribution in [2.45, 2.75) is 38.1 Å². The van der Waals surface area contributed by atoms with Crippen molar-refractivity contribution in [2.75, 3.05) is 13.0 Å². The van der Waals surface area contributed by atoms with Gasteiger partial charge in [-0.1, -0.05) is 22.9 Å². The third-order valence-corrected chi connectivity index (χ3v) is 5.28. The van der Waals surface area contributed by atoms with Crippen LogP contribution in [0.1, 0.15) is 43.0 Å². The minimum Gasteiger partial charge on any atom is -0.496 e. The zero-order valence-corrected chi connectivity index (χ0v) is 14.8. The molecule has 0 unspecified atom stereocenters. The Kier molecular flexibility index (Phi) is 5.55. The predicted octanol–water partition coefficient (Wildman–Crippen LogP) is 4.38. The van der Waals surface area contributed by atoms with Crippen molar-refractivity contribution < 1.29 is 9.53 Å². The van der Waals surface area contributed by atoms with Crippen LogP contribution in [-0.4, -0.2) is 24.4 Å². The quantitative estimate of drug-likeness (QED) is 0.794. The Morgan fingerprint density at radius 3 is 2.71 bits per heavy atom. The Hall–Kier alpha value is -0.740. The Bertz CT molecular complexity index is 513. The number of rotatable bonds is 4. The Morgan fingerprint density at radius 1 is 1.48 bits per heavy atom. The topological polar surface area (TPSA) is 38.3 Å². The standard InChI is InChI=1S/C16H21BrClNO2/c1-11-5-7-16(10-18,8-6-11)19-15(20)13-4-3-12(17)9-14(13)21-2/h3-4,9,11H,5-8,10H2,1-2H3,(H,19,20). The van der Waals surface area contributed by atoms with E-state index in [4.69, 9.17) is 16.3 Å². The molecule has 0 saturated heterocycles. The molecule has 1 aliphatic carbocycles. The van der Waals surface area contributed by atoms with Crippen molar-refractivity contribution in [1.29, 1.82) is 0 Å². The fourth-order valence-electron chi connectivity index (χ4n) is 2.77. The number of benzene rings is 1. The van der Waals surface area contributed by atoms with Crippen LogP contribution < -0.4 is 10.1 Å². The van der Waals surface area contributed by atoms with Crippen molar-refractivity contribution in [3.05, 3.63) is 28.2 Å². The van der Waals surface area contributed by atoms with E-state index < -0.39 is 0 Å². The third kappa shape index (κ3) is 3.92. The number of nitrogens with one attached hydrogen (secondary N) is 1. The number of alkyl halides is 1. The molecule has 0 bridgehead atoms. The van der Waals surface area contributed by atoms with Gasteiger partial charge in [-0.05, 0) is 49.8 Å². The highest BCUT2D eigenvalue weighted by atomic mass is 79.9. The molecule has 1 N–H and O–H groups in total. The van der Waals surface area contributed by atoms with E-state index in [1.165, 1.54) is 0 Å². The van der Waals surface area contributed by atoms with Gasteiger partial charge in [0, 0.05) is 10.4 Å². The van der Waals surface area contributed by atoms with Gasteiger partial charge in [0.1, 0.15) is 5.75 Å². The number of ether oxygens (including phenoxy) is 1. The molecule has 21 heavy (non-hydrogen) atoms. The predicted molar refractivity (Wildman–Crippen MR) is 89.2 cm³/mol. The average molecular weight is 375 g/mol. The van der Waals surface area contributed by atoms with Crippen LogP contribution >= 0.6 is 27.5 Å². The third-order valence-electron chi connectivity index (χ3n) is 4.27. The van der Waals surface area contributed by atoms with E-state index in [-0.39, 0.29) is 11.4 Å². The first kappa shape index (κ1) is 16.6. The van der Waals surface area contributed by atoms with Crippen LogP contribution in [0, 0.1) is 5.92 Å². The fraction of sp³-hybridized carbons (Fsp3) is 0.562. The van der Waals surface area contributed by atoms with Crippen LogP contribution in [0.4, 0.5) is 0 Å². The molecule has 0 spiro atoms. The number of carbonyl (C=O) groups excluding carboxylic acids is 1. The van der Waals surface area contributed by atoms with Gasteiger partial charge in [0.2, 0.25) is 0 Å². The maximum absolute atomic E-state index is 12.6. The smallest absolute Gasteiger partial charge is 0.255 e. The number of methoxy groups -OCH3 is 1. The molecule has 0 atom stereocenters. The minimum atomic E-state index is -0.288. The van der Waals surface area contributed by atoms with Gasteiger partial charge in [-0.3, -0.25) is 4.79 Å². The van der Waals surface area contributed by atoms with Crippen molar-refractivity contribution in [3.63, 3.8) is 0 Å². The summed E-state index contributed by atoms with van der Waals surface area (Å²) in [5, 5.41) is 3.15. The van der Waals surface area contributed by atoms with E-state index >= 15 is 0 Å². The molecule has 1 fully saturated rings. The molecule has 3 nitrogen and oxygen atoms in total. The zero-order chi connectivity index (χ0) is 15.5. The molecule has 1 amide bonds. The summed E-state index contributed by atoms with van der Waals surface area (Å²) in [5.74, 6) is 1.61. The first-order chi connectivity index (χ1) is 9.99. The van der Waals surface area contributed by atoms with Gasteiger partial charge in [-0.25, -0.2) is 0 Å². The summed E-state index contributed by atoms with van der Waals surface area (Å²) in [7, 11) is 1.57. The molecular formula is C16H21BrClNO2. The summed E-state index contributed by atoms with van der Waals surface area (Å²) < 4.78 is 6.18. The average Bonchev–Trinajstić information content (AvgIpc) is 2.49. The molecule has 1 aromatic rings. The first-order valence-electron chi connectivity index (χ1n) is 7.22. The minimum absolute atomic E-state index is 0.116. The zero-order valence-electron chi connectivity index (χ0n) is 12.4. The second-order valence-electron chi connectivity index (χ2n) is 5.90. The van der Waals surface area contributed by atoms with E-state index in [9.17, 15) is 4.79 Å². The number of carbonyl (C=O) groups is 1. The van der Waals surface area contributed by atoms with Gasteiger partial charge in [0.25, 0.3) is 5.91 Å². The Balaban J connectivity index is 2.16. The number of hydrogen-bond donors (Lipinski definition) is 1. The summed E-state index contributed by atoms with van der Waals surface area (Å²) in [6, 6.07) is 5.41. The van der Waals surface area contributed by atoms with Crippen LogP contribution in [0.15, 0.2) is 22.7 Å². The van der Waals surface area contributed by atoms with Crippen molar-refractivity contribution in [2.24, 2.45) is 5.92 Å². The van der Waals surface area contributed by atoms with E-state index in [2.05, 4.69) is 28.2 Å². The van der Waals surface area contributed by atoms with Crippen LogP contribution in [0.25, 0.3) is 0 Å². The lowest BCUT2D eigenvalue weighted by molar-refractivity contribution is 0.0869. The summed E-state index contributed by atoms with van der Waals surface area (Å²) in [5.41, 5.74) is 0.257. The summed E-state index contributed by atoms with van der Waals surface area (Å²) >= 11 is 9.54. The van der Waals surface area contributed by atoms with Gasteiger partial charge >= 0.3 is 0 Å².